The molecule has 2 aliphatic heterocycles. The molecule has 1 aromatic carbocycles. The van der Waals surface area contributed by atoms with Gasteiger partial charge in [-0.2, -0.15) is 4.98 Å². The predicted molar refractivity (Wildman–Crippen MR) is 154 cm³/mol. The molecule has 0 radical (unpaired) electrons. The number of carbonyl (C=O) groups excluding carboxylic acids is 2. The third kappa shape index (κ3) is 6.00. The number of hydrogen-bond acceptors (Lipinski definition) is 9. The van der Waals surface area contributed by atoms with E-state index in [1.807, 2.05) is 0 Å². The highest BCUT2D eigenvalue weighted by atomic mass is 16.5. The van der Waals surface area contributed by atoms with Gasteiger partial charge in [-0.05, 0) is 70.4 Å². The van der Waals surface area contributed by atoms with Crippen LogP contribution in [0.4, 0.5) is 23.1 Å². The first kappa shape index (κ1) is 28.1. The number of hydrogen-bond donors (Lipinski definition) is 3. The maximum Gasteiger partial charge on any atom is 0.251 e. The highest BCUT2D eigenvalue weighted by Gasteiger charge is 2.36. The predicted octanol–water partition coefficient (Wildman–Crippen LogP) is 2.78. The molecule has 1 aromatic heterocycles. The first-order valence-corrected chi connectivity index (χ1v) is 14.3. The van der Waals surface area contributed by atoms with E-state index in [4.69, 9.17) is 9.72 Å². The number of carbonyl (C=O) groups is 2. The van der Waals surface area contributed by atoms with Gasteiger partial charge in [0, 0.05) is 37.8 Å². The van der Waals surface area contributed by atoms with Crippen molar-refractivity contribution in [3.05, 3.63) is 30.0 Å². The first-order valence-electron chi connectivity index (χ1n) is 14.3. The third-order valence-electron chi connectivity index (χ3n) is 8.49. The van der Waals surface area contributed by atoms with Crippen molar-refractivity contribution >= 4 is 35.0 Å². The zero-order chi connectivity index (χ0) is 28.2. The van der Waals surface area contributed by atoms with Gasteiger partial charge in [-0.1, -0.05) is 12.8 Å². The Morgan fingerprint density at radius 1 is 1.15 bits per heavy atom. The summed E-state index contributed by atoms with van der Waals surface area (Å²) in [5, 5.41) is 16.0. The summed E-state index contributed by atoms with van der Waals surface area (Å²) in [5.74, 6) is 1.15. The van der Waals surface area contributed by atoms with Crippen molar-refractivity contribution in [1.82, 2.24) is 20.2 Å². The molecular formula is C29H41N7O4. The summed E-state index contributed by atoms with van der Waals surface area (Å²) in [5.41, 5.74) is 1.84. The number of piperidine rings is 1. The van der Waals surface area contributed by atoms with Crippen LogP contribution in [0.3, 0.4) is 0 Å². The first-order chi connectivity index (χ1) is 19.4. The van der Waals surface area contributed by atoms with Crippen molar-refractivity contribution in [3.8, 4) is 5.75 Å². The molecule has 3 aliphatic rings. The quantitative estimate of drug-likeness (QED) is 0.454. The topological polar surface area (TPSA) is 123 Å². The lowest BCUT2D eigenvalue weighted by Gasteiger charge is -2.31. The summed E-state index contributed by atoms with van der Waals surface area (Å²) in [6.07, 6.45) is 8.36. The number of aliphatic hydroxyl groups excluding tert-OH is 1. The van der Waals surface area contributed by atoms with E-state index >= 15 is 0 Å². The standard InChI is InChI=1S/C29H41N7O4/c1-34-13-10-21(11-14-34)31-27(38)19-8-9-23(25(16-19)40-3)32-29-30-17-24-26(33-29)36(22-6-4-5-7-22)18-20(12-15-37)28(39)35(24)2/h8-9,16-17,20-22,37H,4-7,10-15,18H2,1-3H3,(H,31,38)(H,30,32,33). The van der Waals surface area contributed by atoms with Gasteiger partial charge in [0.2, 0.25) is 11.9 Å². The third-order valence-corrected chi connectivity index (χ3v) is 8.49. The van der Waals surface area contributed by atoms with Gasteiger partial charge in [-0.25, -0.2) is 4.98 Å². The normalized spacial score (nSPS) is 20.8. The molecule has 2 aromatic rings. The van der Waals surface area contributed by atoms with Crippen molar-refractivity contribution < 1.29 is 19.4 Å². The Balaban J connectivity index is 1.38. The minimum Gasteiger partial charge on any atom is -0.495 e. The van der Waals surface area contributed by atoms with E-state index in [2.05, 4.69) is 32.5 Å². The van der Waals surface area contributed by atoms with Gasteiger partial charge in [0.1, 0.15) is 11.4 Å². The van der Waals surface area contributed by atoms with Crippen LogP contribution in [0.5, 0.6) is 5.75 Å². The second-order valence-corrected chi connectivity index (χ2v) is 11.2. The minimum atomic E-state index is -0.311. The van der Waals surface area contributed by atoms with Crippen LogP contribution in [-0.4, -0.2) is 91.3 Å². The lowest BCUT2D eigenvalue weighted by Crippen LogP contribution is -2.43. The van der Waals surface area contributed by atoms with Crippen LogP contribution in [0, 0.1) is 5.92 Å². The van der Waals surface area contributed by atoms with Crippen LogP contribution in [-0.2, 0) is 4.79 Å². The summed E-state index contributed by atoms with van der Waals surface area (Å²) < 4.78 is 5.63. The number of nitrogens with one attached hydrogen (secondary N) is 2. The second kappa shape index (κ2) is 12.4. The highest BCUT2D eigenvalue weighted by molar-refractivity contribution is 5.99. The molecular weight excluding hydrogens is 510 g/mol. The molecule has 1 atom stereocenters. The van der Waals surface area contributed by atoms with E-state index in [0.717, 1.165) is 51.6 Å². The maximum absolute atomic E-state index is 13.2. The fourth-order valence-electron chi connectivity index (χ4n) is 6.06. The van der Waals surface area contributed by atoms with Crippen molar-refractivity contribution in [1.29, 1.82) is 0 Å². The fraction of sp³-hybridized carbons (Fsp3) is 0.586. The summed E-state index contributed by atoms with van der Waals surface area (Å²) in [6.45, 7) is 2.43. The number of benzene rings is 1. The van der Waals surface area contributed by atoms with Gasteiger partial charge in [0.25, 0.3) is 5.91 Å². The smallest absolute Gasteiger partial charge is 0.251 e. The molecule has 3 heterocycles. The molecule has 1 aliphatic carbocycles. The molecule has 1 saturated carbocycles. The minimum absolute atomic E-state index is 0.0316. The Morgan fingerprint density at radius 2 is 1.90 bits per heavy atom. The van der Waals surface area contributed by atoms with Crippen LogP contribution >= 0.6 is 0 Å². The van der Waals surface area contributed by atoms with Gasteiger partial charge < -0.3 is 35.2 Å². The summed E-state index contributed by atoms with van der Waals surface area (Å²) in [6, 6.07) is 5.77. The molecule has 3 N–H and O–H groups in total. The average Bonchev–Trinajstić information content (AvgIpc) is 3.48. The van der Waals surface area contributed by atoms with Crippen LogP contribution in [0.1, 0.15) is 55.3 Å². The molecule has 216 valence electrons. The van der Waals surface area contributed by atoms with Gasteiger partial charge in [0.15, 0.2) is 5.82 Å². The number of rotatable bonds is 8. The Kier molecular flexibility index (Phi) is 8.70. The summed E-state index contributed by atoms with van der Waals surface area (Å²) in [7, 11) is 5.42. The molecule has 11 nitrogen and oxygen atoms in total. The number of aliphatic hydroxyl groups is 1. The number of likely N-dealkylation sites (tertiary alicyclic amines) is 1. The molecule has 1 saturated heterocycles. The molecule has 0 bridgehead atoms. The van der Waals surface area contributed by atoms with Gasteiger partial charge in [-0.15, -0.1) is 0 Å². The number of aromatic nitrogens is 2. The number of amides is 2. The van der Waals surface area contributed by atoms with Crippen LogP contribution in [0.25, 0.3) is 0 Å². The SMILES string of the molecule is COc1cc(C(=O)NC2CCN(C)CC2)ccc1Nc1ncc2c(n1)N(C1CCCC1)CC(CCO)C(=O)N2C. The van der Waals surface area contributed by atoms with Crippen molar-refractivity contribution in [2.24, 2.45) is 5.92 Å². The highest BCUT2D eigenvalue weighted by Crippen LogP contribution is 2.38. The van der Waals surface area contributed by atoms with Crippen LogP contribution in [0.15, 0.2) is 24.4 Å². The molecule has 40 heavy (non-hydrogen) atoms. The van der Waals surface area contributed by atoms with Gasteiger partial charge in [-0.3, -0.25) is 9.59 Å². The van der Waals surface area contributed by atoms with Crippen molar-refractivity contribution in [2.45, 2.75) is 57.0 Å². The number of anilines is 4. The number of fused-ring (bicyclic) bond motifs is 1. The molecule has 2 fully saturated rings. The van der Waals surface area contributed by atoms with Crippen LogP contribution < -0.4 is 25.2 Å². The van der Waals surface area contributed by atoms with E-state index in [1.165, 1.54) is 0 Å². The average molecular weight is 552 g/mol. The zero-order valence-corrected chi connectivity index (χ0v) is 23.7. The molecule has 2 amide bonds. The second-order valence-electron chi connectivity index (χ2n) is 11.2. The number of ether oxygens (including phenoxy) is 1. The molecule has 11 heteroatoms. The summed E-state index contributed by atoms with van der Waals surface area (Å²) >= 11 is 0. The van der Waals surface area contributed by atoms with Crippen molar-refractivity contribution in [3.63, 3.8) is 0 Å². The Bertz CT molecular complexity index is 1210. The van der Waals surface area contributed by atoms with Crippen LogP contribution in [0.2, 0.25) is 0 Å². The number of nitrogens with zero attached hydrogens (tertiary/aromatic N) is 5. The van der Waals surface area contributed by atoms with E-state index in [9.17, 15) is 14.7 Å². The number of methoxy groups -OCH3 is 1. The Labute approximate surface area is 235 Å². The molecule has 1 unspecified atom stereocenters. The van der Waals surface area contributed by atoms with Gasteiger partial charge in [0.05, 0.1) is 24.9 Å². The lowest BCUT2D eigenvalue weighted by atomic mass is 10.0. The lowest BCUT2D eigenvalue weighted by molar-refractivity contribution is -0.122. The monoisotopic (exact) mass is 551 g/mol. The largest absolute Gasteiger partial charge is 0.495 e. The van der Waals surface area contributed by atoms with Crippen molar-refractivity contribution in [2.75, 3.05) is 62.6 Å². The zero-order valence-electron chi connectivity index (χ0n) is 23.7. The Hall–Kier alpha value is -3.44. The Morgan fingerprint density at radius 3 is 2.60 bits per heavy atom. The summed E-state index contributed by atoms with van der Waals surface area (Å²) in [4.78, 5) is 41.7. The van der Waals surface area contributed by atoms with E-state index in [1.54, 1.807) is 43.5 Å². The van der Waals surface area contributed by atoms with Gasteiger partial charge >= 0.3 is 0 Å². The van der Waals surface area contributed by atoms with E-state index in [0.29, 0.717) is 53.5 Å². The maximum atomic E-state index is 13.2. The van der Waals surface area contributed by atoms with E-state index in [-0.39, 0.29) is 30.4 Å². The van der Waals surface area contributed by atoms with E-state index < -0.39 is 0 Å². The molecule has 5 rings (SSSR count). The molecule has 0 spiro atoms. The fourth-order valence-corrected chi connectivity index (χ4v) is 6.06.